The van der Waals surface area contributed by atoms with Crippen molar-refractivity contribution in [3.63, 3.8) is 0 Å². The number of nitrogens with zero attached hydrogens (tertiary/aromatic N) is 1. The first-order valence-corrected chi connectivity index (χ1v) is 7.03. The zero-order valence-corrected chi connectivity index (χ0v) is 10.6. The summed E-state index contributed by atoms with van der Waals surface area (Å²) in [6.07, 6.45) is 5.97. The van der Waals surface area contributed by atoms with E-state index in [1.165, 1.54) is 12.8 Å². The molecule has 3 fully saturated rings. The molecule has 3 aliphatic rings. The first kappa shape index (κ1) is 11.5. The van der Waals surface area contributed by atoms with Crippen LogP contribution in [0.3, 0.4) is 0 Å². The fourth-order valence-corrected chi connectivity index (χ4v) is 3.29. The number of rotatable bonds is 3. The summed E-state index contributed by atoms with van der Waals surface area (Å²) in [6.45, 7) is 4.34. The van der Waals surface area contributed by atoms with E-state index >= 15 is 0 Å². The van der Waals surface area contributed by atoms with Crippen molar-refractivity contribution in [2.24, 2.45) is 0 Å². The third kappa shape index (κ3) is 2.47. The van der Waals surface area contributed by atoms with Crippen molar-refractivity contribution >= 4 is 5.91 Å². The van der Waals surface area contributed by atoms with Crippen LogP contribution in [0.1, 0.15) is 39.0 Å². The van der Waals surface area contributed by atoms with Crippen LogP contribution in [-0.2, 0) is 4.79 Å². The van der Waals surface area contributed by atoms with Gasteiger partial charge in [-0.25, -0.2) is 0 Å². The Hall–Kier alpha value is -0.610. The molecule has 3 atom stereocenters. The monoisotopic (exact) mass is 237 g/mol. The lowest BCUT2D eigenvalue weighted by molar-refractivity contribution is -0.123. The Balaban J connectivity index is 1.50. The molecule has 1 aliphatic carbocycles. The van der Waals surface area contributed by atoms with Gasteiger partial charge in [-0.05, 0) is 45.6 Å². The van der Waals surface area contributed by atoms with Gasteiger partial charge < -0.3 is 10.6 Å². The highest BCUT2D eigenvalue weighted by molar-refractivity contribution is 5.82. The highest BCUT2D eigenvalue weighted by Gasteiger charge is 2.39. The molecule has 96 valence electrons. The summed E-state index contributed by atoms with van der Waals surface area (Å²) >= 11 is 0. The lowest BCUT2D eigenvalue weighted by Gasteiger charge is -2.20. The first-order chi connectivity index (χ1) is 8.24. The number of likely N-dealkylation sites (tertiary alicyclic amines) is 1. The predicted molar refractivity (Wildman–Crippen MR) is 66.8 cm³/mol. The molecule has 3 rings (SSSR count). The van der Waals surface area contributed by atoms with Crippen LogP contribution in [0, 0.1) is 0 Å². The number of amides is 1. The molecular formula is C13H23N3O. The molecule has 0 aromatic carbocycles. The van der Waals surface area contributed by atoms with E-state index in [9.17, 15) is 4.79 Å². The lowest BCUT2D eigenvalue weighted by atomic mass is 10.1. The van der Waals surface area contributed by atoms with E-state index in [4.69, 9.17) is 0 Å². The van der Waals surface area contributed by atoms with Crippen molar-refractivity contribution in [3.05, 3.63) is 0 Å². The standard InChI is InChI=1S/C13H23N3O/c1-9-7-10(8-16(9)11-4-5-11)15-13(17)12-3-2-6-14-12/h9-12,14H,2-8H2,1H3,(H,15,17)/t9?,10?,12-/m0/s1. The van der Waals surface area contributed by atoms with Crippen molar-refractivity contribution in [2.75, 3.05) is 13.1 Å². The fourth-order valence-electron chi connectivity index (χ4n) is 3.29. The molecule has 2 saturated heterocycles. The van der Waals surface area contributed by atoms with Gasteiger partial charge in [-0.2, -0.15) is 0 Å². The van der Waals surface area contributed by atoms with Gasteiger partial charge in [0.2, 0.25) is 5.91 Å². The van der Waals surface area contributed by atoms with Gasteiger partial charge in [0.25, 0.3) is 0 Å². The summed E-state index contributed by atoms with van der Waals surface area (Å²) in [4.78, 5) is 14.6. The van der Waals surface area contributed by atoms with Crippen LogP contribution >= 0.6 is 0 Å². The van der Waals surface area contributed by atoms with Crippen molar-refractivity contribution < 1.29 is 4.79 Å². The minimum atomic E-state index is 0.0697. The molecule has 2 unspecified atom stereocenters. The Labute approximate surface area is 103 Å². The maximum absolute atomic E-state index is 12.0. The molecule has 4 heteroatoms. The summed E-state index contributed by atoms with van der Waals surface area (Å²) < 4.78 is 0. The maximum Gasteiger partial charge on any atom is 0.237 e. The predicted octanol–water partition coefficient (Wildman–Crippen LogP) is 0.480. The number of nitrogens with one attached hydrogen (secondary N) is 2. The SMILES string of the molecule is CC1CC(NC(=O)[C@@H]2CCCN2)CN1C1CC1. The number of hydrogen-bond donors (Lipinski definition) is 2. The lowest BCUT2D eigenvalue weighted by Crippen LogP contribution is -2.46. The molecule has 0 aromatic heterocycles. The molecule has 4 nitrogen and oxygen atoms in total. The summed E-state index contributed by atoms with van der Waals surface area (Å²) in [6, 6.07) is 1.90. The van der Waals surface area contributed by atoms with Crippen molar-refractivity contribution in [1.29, 1.82) is 0 Å². The molecule has 17 heavy (non-hydrogen) atoms. The second-order valence-corrected chi connectivity index (χ2v) is 5.87. The summed E-state index contributed by atoms with van der Waals surface area (Å²) in [5.41, 5.74) is 0. The van der Waals surface area contributed by atoms with E-state index in [-0.39, 0.29) is 11.9 Å². The maximum atomic E-state index is 12.0. The van der Waals surface area contributed by atoms with Gasteiger partial charge in [-0.3, -0.25) is 9.69 Å². The second kappa shape index (κ2) is 4.58. The Morgan fingerprint density at radius 1 is 1.35 bits per heavy atom. The minimum absolute atomic E-state index is 0.0697. The third-order valence-corrected chi connectivity index (χ3v) is 4.36. The Morgan fingerprint density at radius 2 is 2.18 bits per heavy atom. The average molecular weight is 237 g/mol. The van der Waals surface area contributed by atoms with Gasteiger partial charge in [0.15, 0.2) is 0 Å². The van der Waals surface area contributed by atoms with Crippen molar-refractivity contribution in [1.82, 2.24) is 15.5 Å². The van der Waals surface area contributed by atoms with Crippen molar-refractivity contribution in [2.45, 2.75) is 63.2 Å². The zero-order chi connectivity index (χ0) is 11.8. The molecule has 0 radical (unpaired) electrons. The van der Waals surface area contributed by atoms with Gasteiger partial charge >= 0.3 is 0 Å². The average Bonchev–Trinajstić information content (AvgIpc) is 2.86. The van der Waals surface area contributed by atoms with Crippen LogP contribution < -0.4 is 10.6 Å². The smallest absolute Gasteiger partial charge is 0.237 e. The molecule has 1 amide bonds. The Kier molecular flexibility index (Phi) is 3.09. The molecule has 0 spiro atoms. The van der Waals surface area contributed by atoms with Crippen molar-refractivity contribution in [3.8, 4) is 0 Å². The number of carbonyl (C=O) groups is 1. The quantitative estimate of drug-likeness (QED) is 0.750. The fraction of sp³-hybridized carbons (Fsp3) is 0.923. The summed E-state index contributed by atoms with van der Waals surface area (Å²) in [5, 5.41) is 6.48. The topological polar surface area (TPSA) is 44.4 Å². The van der Waals surface area contributed by atoms with Crippen LogP contribution in [-0.4, -0.2) is 48.1 Å². The van der Waals surface area contributed by atoms with E-state index in [1.807, 2.05) is 0 Å². The van der Waals surface area contributed by atoms with Gasteiger partial charge in [-0.1, -0.05) is 0 Å². The minimum Gasteiger partial charge on any atom is -0.351 e. The van der Waals surface area contributed by atoms with E-state index in [1.54, 1.807) is 0 Å². The molecular weight excluding hydrogens is 214 g/mol. The van der Waals surface area contributed by atoms with E-state index < -0.39 is 0 Å². The molecule has 2 heterocycles. The molecule has 1 saturated carbocycles. The molecule has 0 bridgehead atoms. The number of carbonyl (C=O) groups excluding carboxylic acids is 1. The summed E-state index contributed by atoms with van der Waals surface area (Å²) in [7, 11) is 0. The highest BCUT2D eigenvalue weighted by atomic mass is 16.2. The first-order valence-electron chi connectivity index (χ1n) is 7.03. The van der Waals surface area contributed by atoms with Gasteiger partial charge in [0.05, 0.1) is 6.04 Å². The second-order valence-electron chi connectivity index (χ2n) is 5.87. The Bertz CT molecular complexity index is 297. The van der Waals surface area contributed by atoms with Gasteiger partial charge in [-0.15, -0.1) is 0 Å². The van der Waals surface area contributed by atoms with E-state index in [0.717, 1.165) is 38.4 Å². The molecule has 0 aromatic rings. The van der Waals surface area contributed by atoms with E-state index in [2.05, 4.69) is 22.5 Å². The van der Waals surface area contributed by atoms with Crippen LogP contribution in [0.5, 0.6) is 0 Å². The largest absolute Gasteiger partial charge is 0.351 e. The zero-order valence-electron chi connectivity index (χ0n) is 10.6. The molecule has 2 N–H and O–H groups in total. The van der Waals surface area contributed by atoms with Crippen LogP contribution in [0.15, 0.2) is 0 Å². The number of hydrogen-bond acceptors (Lipinski definition) is 3. The normalized spacial score (nSPS) is 38.5. The van der Waals surface area contributed by atoms with Crippen LogP contribution in [0.2, 0.25) is 0 Å². The molecule has 2 aliphatic heterocycles. The van der Waals surface area contributed by atoms with Gasteiger partial charge in [0.1, 0.15) is 0 Å². The van der Waals surface area contributed by atoms with Gasteiger partial charge in [0, 0.05) is 24.7 Å². The van der Waals surface area contributed by atoms with Crippen LogP contribution in [0.4, 0.5) is 0 Å². The van der Waals surface area contributed by atoms with Crippen LogP contribution in [0.25, 0.3) is 0 Å². The highest BCUT2D eigenvalue weighted by Crippen LogP contribution is 2.33. The third-order valence-electron chi connectivity index (χ3n) is 4.36. The Morgan fingerprint density at radius 3 is 2.82 bits per heavy atom. The van der Waals surface area contributed by atoms with E-state index in [0.29, 0.717) is 12.1 Å². The summed E-state index contributed by atoms with van der Waals surface area (Å²) in [5.74, 6) is 0.220.